The zero-order valence-electron chi connectivity index (χ0n) is 10.7. The molecule has 2 nitrogen and oxygen atoms in total. The summed E-state index contributed by atoms with van der Waals surface area (Å²) in [4.78, 5) is 0. The van der Waals surface area contributed by atoms with Gasteiger partial charge in [0.25, 0.3) is 6.72 Å². The Bertz CT molecular complexity index is 197. The summed E-state index contributed by atoms with van der Waals surface area (Å²) in [7, 11) is 1.42. The largest absolute Gasteiger partial charge is 0.321 e. The summed E-state index contributed by atoms with van der Waals surface area (Å²) in [6.45, 7) is -0.535. The molecule has 0 spiro atoms. The van der Waals surface area contributed by atoms with E-state index in [0.29, 0.717) is 6.16 Å². The van der Waals surface area contributed by atoms with Crippen LogP contribution in [0.25, 0.3) is 0 Å². The molecular formula is C12H26ClO2P. The van der Waals surface area contributed by atoms with Crippen LogP contribution < -0.4 is 0 Å². The van der Waals surface area contributed by atoms with E-state index in [-0.39, 0.29) is 0 Å². The Labute approximate surface area is 105 Å². The second-order valence-electron chi connectivity index (χ2n) is 4.32. The summed E-state index contributed by atoms with van der Waals surface area (Å²) in [6, 6.07) is 0. The van der Waals surface area contributed by atoms with E-state index >= 15 is 0 Å². The van der Waals surface area contributed by atoms with Crippen LogP contribution in [-0.2, 0) is 9.09 Å². The second-order valence-corrected chi connectivity index (χ2v) is 7.86. The minimum Gasteiger partial charge on any atom is -0.321 e. The topological polar surface area (TPSA) is 26.3 Å². The van der Waals surface area contributed by atoms with Crippen molar-refractivity contribution >= 4 is 18.0 Å². The smallest absolute Gasteiger partial charge is 0.289 e. The summed E-state index contributed by atoms with van der Waals surface area (Å²) in [5.74, 6) is 0. The summed E-state index contributed by atoms with van der Waals surface area (Å²) in [6.07, 6.45) is 11.8. The molecule has 0 aliphatic rings. The monoisotopic (exact) mass is 268 g/mol. The second kappa shape index (κ2) is 10.6. The molecule has 0 radical (unpaired) electrons. The van der Waals surface area contributed by atoms with E-state index in [4.69, 9.17) is 15.8 Å². The Morgan fingerprint density at radius 1 is 0.938 bits per heavy atom. The molecule has 4 heteroatoms. The molecule has 0 heterocycles. The lowest BCUT2D eigenvalue weighted by molar-refractivity contribution is 0.406. The van der Waals surface area contributed by atoms with Crippen molar-refractivity contribution in [3.8, 4) is 0 Å². The third kappa shape index (κ3) is 11.0. The highest BCUT2D eigenvalue weighted by Gasteiger charge is 2.15. The van der Waals surface area contributed by atoms with Crippen molar-refractivity contribution in [2.24, 2.45) is 0 Å². The Morgan fingerprint density at radius 3 is 1.81 bits per heavy atom. The van der Waals surface area contributed by atoms with Gasteiger partial charge in [-0.25, -0.2) is 0 Å². The fraction of sp³-hybridized carbons (Fsp3) is 1.00. The van der Waals surface area contributed by atoms with Crippen LogP contribution in [0.15, 0.2) is 0 Å². The SMILES string of the molecule is CCCCCCCCCCC[P@](=O)(Cl)OC. The van der Waals surface area contributed by atoms with Crippen LogP contribution >= 0.6 is 18.0 Å². The van der Waals surface area contributed by atoms with Gasteiger partial charge in [-0.05, 0) is 17.7 Å². The molecule has 0 bridgehead atoms. The fourth-order valence-corrected chi connectivity index (χ4v) is 2.85. The molecule has 0 rings (SSSR count). The van der Waals surface area contributed by atoms with Crippen molar-refractivity contribution in [1.29, 1.82) is 0 Å². The zero-order valence-corrected chi connectivity index (χ0v) is 12.4. The van der Waals surface area contributed by atoms with Gasteiger partial charge < -0.3 is 4.52 Å². The highest BCUT2D eigenvalue weighted by Crippen LogP contribution is 2.52. The van der Waals surface area contributed by atoms with E-state index in [2.05, 4.69) is 6.92 Å². The van der Waals surface area contributed by atoms with Crippen molar-refractivity contribution in [1.82, 2.24) is 0 Å². The van der Waals surface area contributed by atoms with Gasteiger partial charge in [0.05, 0.1) is 0 Å². The van der Waals surface area contributed by atoms with Crippen molar-refractivity contribution < 1.29 is 9.09 Å². The van der Waals surface area contributed by atoms with Gasteiger partial charge in [-0.3, -0.25) is 4.57 Å². The minimum absolute atomic E-state index is 0.515. The molecule has 0 aliphatic heterocycles. The normalized spacial score (nSPS) is 14.9. The number of unbranched alkanes of at least 4 members (excludes halogenated alkanes) is 8. The summed E-state index contributed by atoms with van der Waals surface area (Å²) >= 11 is 5.65. The maximum atomic E-state index is 11.3. The van der Waals surface area contributed by atoms with Gasteiger partial charge in [0, 0.05) is 13.3 Å². The number of hydrogen-bond acceptors (Lipinski definition) is 2. The van der Waals surface area contributed by atoms with Crippen molar-refractivity contribution in [3.05, 3.63) is 0 Å². The third-order valence-corrected chi connectivity index (χ3v) is 5.12. The van der Waals surface area contributed by atoms with E-state index in [0.717, 1.165) is 12.8 Å². The summed E-state index contributed by atoms with van der Waals surface area (Å²) in [5.41, 5.74) is 0. The molecule has 0 aromatic carbocycles. The van der Waals surface area contributed by atoms with Crippen molar-refractivity contribution in [3.63, 3.8) is 0 Å². The van der Waals surface area contributed by atoms with E-state index in [1.165, 1.54) is 52.1 Å². The lowest BCUT2D eigenvalue weighted by Crippen LogP contribution is -1.87. The van der Waals surface area contributed by atoms with E-state index in [9.17, 15) is 4.57 Å². The van der Waals surface area contributed by atoms with Crippen LogP contribution in [0.2, 0.25) is 0 Å². The minimum atomic E-state index is -2.77. The molecule has 0 unspecified atom stereocenters. The molecular weight excluding hydrogens is 243 g/mol. The Kier molecular flexibility index (Phi) is 10.9. The Balaban J connectivity index is 3.13. The van der Waals surface area contributed by atoms with E-state index < -0.39 is 6.72 Å². The first-order valence-electron chi connectivity index (χ1n) is 6.47. The Morgan fingerprint density at radius 2 is 1.38 bits per heavy atom. The van der Waals surface area contributed by atoms with Crippen LogP contribution in [-0.4, -0.2) is 13.3 Å². The average molecular weight is 269 g/mol. The van der Waals surface area contributed by atoms with Crippen molar-refractivity contribution in [2.75, 3.05) is 13.3 Å². The maximum absolute atomic E-state index is 11.3. The van der Waals surface area contributed by atoms with Crippen molar-refractivity contribution in [2.45, 2.75) is 64.7 Å². The highest BCUT2D eigenvalue weighted by molar-refractivity contribution is 7.85. The fourth-order valence-electron chi connectivity index (χ4n) is 1.70. The van der Waals surface area contributed by atoms with Crippen LogP contribution in [0.3, 0.4) is 0 Å². The highest BCUT2D eigenvalue weighted by atomic mass is 35.7. The molecule has 0 amide bonds. The molecule has 0 aromatic heterocycles. The Hall–Kier alpha value is 0.480. The number of halogens is 1. The van der Waals surface area contributed by atoms with Gasteiger partial charge in [-0.1, -0.05) is 58.3 Å². The molecule has 0 aromatic rings. The van der Waals surface area contributed by atoms with Gasteiger partial charge in [-0.15, -0.1) is 0 Å². The maximum Gasteiger partial charge on any atom is 0.289 e. The first-order chi connectivity index (χ1) is 7.62. The van der Waals surface area contributed by atoms with Gasteiger partial charge in [0.1, 0.15) is 0 Å². The first kappa shape index (κ1) is 16.5. The van der Waals surface area contributed by atoms with Crippen LogP contribution in [0.5, 0.6) is 0 Å². The quantitative estimate of drug-likeness (QED) is 0.360. The standard InChI is InChI=1S/C12H26ClO2P/c1-3-4-5-6-7-8-9-10-11-12-16(13,14)15-2/h3-12H2,1-2H3/t16-/m1/s1. The van der Waals surface area contributed by atoms with E-state index in [1.54, 1.807) is 0 Å². The van der Waals surface area contributed by atoms with Crippen LogP contribution in [0.4, 0.5) is 0 Å². The number of rotatable bonds is 11. The van der Waals surface area contributed by atoms with Crippen LogP contribution in [0.1, 0.15) is 64.7 Å². The molecule has 16 heavy (non-hydrogen) atoms. The summed E-state index contributed by atoms with van der Waals surface area (Å²) in [5, 5.41) is 0. The molecule has 0 fully saturated rings. The van der Waals surface area contributed by atoms with Gasteiger partial charge >= 0.3 is 0 Å². The molecule has 0 N–H and O–H groups in total. The number of hydrogen-bond donors (Lipinski definition) is 0. The molecule has 0 saturated carbocycles. The lowest BCUT2D eigenvalue weighted by Gasteiger charge is -2.07. The average Bonchev–Trinajstić information content (AvgIpc) is 2.27. The van der Waals surface area contributed by atoms with E-state index in [1.807, 2.05) is 0 Å². The molecule has 0 aliphatic carbocycles. The molecule has 0 saturated heterocycles. The summed E-state index contributed by atoms with van der Waals surface area (Å²) < 4.78 is 16.1. The zero-order chi connectivity index (χ0) is 12.3. The third-order valence-electron chi connectivity index (χ3n) is 2.80. The van der Waals surface area contributed by atoms with Gasteiger partial charge in [-0.2, -0.15) is 0 Å². The predicted molar refractivity (Wildman–Crippen MR) is 72.6 cm³/mol. The first-order valence-corrected chi connectivity index (χ1v) is 9.18. The molecule has 1 atom stereocenters. The van der Waals surface area contributed by atoms with Crippen LogP contribution in [0, 0.1) is 0 Å². The lowest BCUT2D eigenvalue weighted by atomic mass is 10.1. The van der Waals surface area contributed by atoms with Gasteiger partial charge in [0.15, 0.2) is 0 Å². The molecule has 98 valence electrons. The predicted octanol–water partition coefficient (Wildman–Crippen LogP) is 5.60. The van der Waals surface area contributed by atoms with Gasteiger partial charge in [0.2, 0.25) is 0 Å².